The molecule has 0 aromatic rings. The zero-order valence-corrected chi connectivity index (χ0v) is 10.3. The zero-order valence-electron chi connectivity index (χ0n) is 10.3. The van der Waals surface area contributed by atoms with E-state index in [-0.39, 0.29) is 25.0 Å². The van der Waals surface area contributed by atoms with E-state index in [0.29, 0.717) is 19.6 Å². The van der Waals surface area contributed by atoms with Gasteiger partial charge in [-0.05, 0) is 12.3 Å². The van der Waals surface area contributed by atoms with Crippen LogP contribution in [0.3, 0.4) is 0 Å². The molecule has 98 valence electrons. The zero-order chi connectivity index (χ0) is 13.1. The van der Waals surface area contributed by atoms with Crippen LogP contribution in [-0.4, -0.2) is 53.7 Å². The third kappa shape index (κ3) is 3.67. The average Bonchev–Trinajstić information content (AvgIpc) is 2.63. The second-order valence-corrected chi connectivity index (χ2v) is 4.93. The van der Waals surface area contributed by atoms with E-state index in [0.717, 1.165) is 0 Å². The Kier molecular flexibility index (Phi) is 4.47. The molecule has 1 unspecified atom stereocenters. The second-order valence-electron chi connectivity index (χ2n) is 4.93. The lowest BCUT2D eigenvalue weighted by Crippen LogP contribution is -2.57. The van der Waals surface area contributed by atoms with Gasteiger partial charge in [0.1, 0.15) is 12.1 Å². The minimum atomic E-state index is -1.05. The summed E-state index contributed by atoms with van der Waals surface area (Å²) in [6, 6.07) is 0. The fourth-order valence-corrected chi connectivity index (χ4v) is 1.89. The summed E-state index contributed by atoms with van der Waals surface area (Å²) in [7, 11) is 0. The molecule has 0 aromatic heterocycles. The predicted octanol–water partition coefficient (Wildman–Crippen LogP) is -0.327. The summed E-state index contributed by atoms with van der Waals surface area (Å²) in [4.78, 5) is 24.3. The van der Waals surface area contributed by atoms with Gasteiger partial charge in [0.2, 0.25) is 5.91 Å². The molecule has 0 saturated carbocycles. The van der Waals surface area contributed by atoms with Crippen LogP contribution in [0.4, 0.5) is 0 Å². The van der Waals surface area contributed by atoms with Gasteiger partial charge in [-0.3, -0.25) is 9.59 Å². The minimum absolute atomic E-state index is 0.167. The molecule has 1 heterocycles. The Morgan fingerprint density at radius 3 is 2.59 bits per heavy atom. The smallest absolute Gasteiger partial charge is 0.323 e. The van der Waals surface area contributed by atoms with Crippen molar-refractivity contribution in [2.45, 2.75) is 25.8 Å². The first kappa shape index (κ1) is 13.9. The molecule has 1 rings (SSSR count). The fourth-order valence-electron chi connectivity index (χ4n) is 1.89. The van der Waals surface area contributed by atoms with Crippen molar-refractivity contribution in [1.29, 1.82) is 0 Å². The highest BCUT2D eigenvalue weighted by molar-refractivity contribution is 5.89. The van der Waals surface area contributed by atoms with Gasteiger partial charge < -0.3 is 20.5 Å². The number of carboxylic acids is 1. The van der Waals surface area contributed by atoms with Crippen molar-refractivity contribution in [2.75, 3.05) is 26.3 Å². The van der Waals surface area contributed by atoms with Gasteiger partial charge >= 0.3 is 5.97 Å². The molecular weight excluding hydrogens is 224 g/mol. The van der Waals surface area contributed by atoms with Gasteiger partial charge in [0, 0.05) is 13.2 Å². The van der Waals surface area contributed by atoms with Gasteiger partial charge in [-0.15, -0.1) is 0 Å². The van der Waals surface area contributed by atoms with Crippen LogP contribution in [0.5, 0.6) is 0 Å². The van der Waals surface area contributed by atoms with E-state index in [1.165, 1.54) is 4.90 Å². The topological polar surface area (TPSA) is 92.9 Å². The molecular formula is C11H20N2O4. The molecule has 0 spiro atoms. The largest absolute Gasteiger partial charge is 0.480 e. The second kappa shape index (κ2) is 5.46. The summed E-state index contributed by atoms with van der Waals surface area (Å²) in [5.74, 6) is -1.16. The highest BCUT2D eigenvalue weighted by Crippen LogP contribution is 2.19. The molecule has 3 N–H and O–H groups in total. The summed E-state index contributed by atoms with van der Waals surface area (Å²) < 4.78 is 5.12. The molecule has 6 heteroatoms. The fraction of sp³-hybridized carbons (Fsp3) is 0.818. The maximum Gasteiger partial charge on any atom is 0.323 e. The Hall–Kier alpha value is -1.14. The van der Waals surface area contributed by atoms with E-state index in [4.69, 9.17) is 15.6 Å². The number of ether oxygens (including phenoxy) is 1. The monoisotopic (exact) mass is 244 g/mol. The molecule has 1 aliphatic rings. The van der Waals surface area contributed by atoms with E-state index >= 15 is 0 Å². The third-order valence-corrected chi connectivity index (χ3v) is 2.68. The lowest BCUT2D eigenvalue weighted by molar-refractivity contribution is -0.147. The van der Waals surface area contributed by atoms with Gasteiger partial charge in [-0.2, -0.15) is 0 Å². The lowest BCUT2D eigenvalue weighted by atomic mass is 9.97. The maximum atomic E-state index is 12.2. The van der Waals surface area contributed by atoms with Crippen molar-refractivity contribution in [3.8, 4) is 0 Å². The van der Waals surface area contributed by atoms with Gasteiger partial charge in [-0.25, -0.2) is 0 Å². The summed E-state index contributed by atoms with van der Waals surface area (Å²) in [6.45, 7) is 4.55. The minimum Gasteiger partial charge on any atom is -0.480 e. The summed E-state index contributed by atoms with van der Waals surface area (Å²) in [5.41, 5.74) is 4.89. The number of nitrogens with two attached hydrogens (primary N) is 1. The van der Waals surface area contributed by atoms with Crippen LogP contribution in [0.15, 0.2) is 0 Å². The van der Waals surface area contributed by atoms with Crippen molar-refractivity contribution in [3.05, 3.63) is 0 Å². The summed E-state index contributed by atoms with van der Waals surface area (Å²) in [6.07, 6.45) is 0.444. The highest BCUT2D eigenvalue weighted by atomic mass is 16.5. The molecule has 0 bridgehead atoms. The first-order valence-electron chi connectivity index (χ1n) is 5.73. The predicted molar refractivity (Wildman–Crippen MR) is 61.4 cm³/mol. The molecule has 0 aromatic carbocycles. The maximum absolute atomic E-state index is 12.2. The van der Waals surface area contributed by atoms with Crippen molar-refractivity contribution in [2.24, 2.45) is 11.7 Å². The molecule has 1 fully saturated rings. The van der Waals surface area contributed by atoms with E-state index in [1.807, 2.05) is 13.8 Å². The van der Waals surface area contributed by atoms with Crippen LogP contribution >= 0.6 is 0 Å². The molecule has 1 atom stereocenters. The molecule has 0 aliphatic carbocycles. The third-order valence-electron chi connectivity index (χ3n) is 2.68. The molecule has 1 saturated heterocycles. The van der Waals surface area contributed by atoms with Gasteiger partial charge in [0.05, 0.1) is 6.61 Å². The van der Waals surface area contributed by atoms with Crippen LogP contribution in [-0.2, 0) is 14.3 Å². The number of carbonyl (C=O) groups is 2. The number of hydrogen-bond acceptors (Lipinski definition) is 4. The van der Waals surface area contributed by atoms with E-state index < -0.39 is 11.5 Å². The normalized spacial score (nSPS) is 24.0. The first-order chi connectivity index (χ1) is 7.85. The Bertz CT molecular complexity index is 298. The Morgan fingerprint density at radius 2 is 2.18 bits per heavy atom. The van der Waals surface area contributed by atoms with Crippen molar-refractivity contribution in [3.63, 3.8) is 0 Å². The van der Waals surface area contributed by atoms with E-state index in [9.17, 15) is 9.59 Å². The Morgan fingerprint density at radius 1 is 1.53 bits per heavy atom. The number of rotatable bonds is 5. The Labute approximate surface area is 101 Å². The van der Waals surface area contributed by atoms with Crippen molar-refractivity contribution < 1.29 is 19.4 Å². The first-order valence-corrected chi connectivity index (χ1v) is 5.73. The van der Waals surface area contributed by atoms with Crippen LogP contribution < -0.4 is 5.73 Å². The molecule has 17 heavy (non-hydrogen) atoms. The van der Waals surface area contributed by atoms with E-state index in [1.54, 1.807) is 0 Å². The highest BCUT2D eigenvalue weighted by Gasteiger charge is 2.41. The quantitative estimate of drug-likeness (QED) is 0.691. The van der Waals surface area contributed by atoms with E-state index in [2.05, 4.69) is 0 Å². The van der Waals surface area contributed by atoms with Crippen molar-refractivity contribution in [1.82, 2.24) is 4.90 Å². The van der Waals surface area contributed by atoms with Crippen LogP contribution in [0.1, 0.15) is 20.3 Å². The number of aliphatic carboxylic acids is 1. The SMILES string of the molecule is CC(C)CN(CC(=O)O)C(=O)C1(N)CCOC1. The van der Waals surface area contributed by atoms with Crippen LogP contribution in [0.2, 0.25) is 0 Å². The van der Waals surface area contributed by atoms with Crippen molar-refractivity contribution >= 4 is 11.9 Å². The van der Waals surface area contributed by atoms with Crippen LogP contribution in [0, 0.1) is 5.92 Å². The number of hydrogen-bond donors (Lipinski definition) is 2. The molecule has 6 nitrogen and oxygen atoms in total. The average molecular weight is 244 g/mol. The number of carbonyl (C=O) groups excluding carboxylic acids is 1. The Balaban J connectivity index is 2.74. The standard InChI is InChI=1S/C11H20N2O4/c1-8(2)5-13(6-9(14)15)10(16)11(12)3-4-17-7-11/h8H,3-7,12H2,1-2H3,(H,14,15). The lowest BCUT2D eigenvalue weighted by Gasteiger charge is -2.30. The summed E-state index contributed by atoms with van der Waals surface area (Å²) in [5, 5.41) is 8.81. The number of nitrogens with zero attached hydrogens (tertiary/aromatic N) is 1. The number of carboxylic acid groups (broad SMARTS) is 1. The molecule has 1 aliphatic heterocycles. The molecule has 1 amide bonds. The van der Waals surface area contributed by atoms with Gasteiger partial charge in [-0.1, -0.05) is 13.8 Å². The summed E-state index contributed by atoms with van der Waals surface area (Å²) >= 11 is 0. The van der Waals surface area contributed by atoms with Crippen LogP contribution in [0.25, 0.3) is 0 Å². The van der Waals surface area contributed by atoms with Gasteiger partial charge in [0.15, 0.2) is 0 Å². The molecule has 0 radical (unpaired) electrons. The number of amides is 1. The van der Waals surface area contributed by atoms with Gasteiger partial charge in [0.25, 0.3) is 0 Å².